The predicted molar refractivity (Wildman–Crippen MR) is 89.0 cm³/mol. The van der Waals surface area contributed by atoms with Crippen LogP contribution in [0.4, 0.5) is 5.69 Å². The average Bonchev–Trinajstić information content (AvgIpc) is 2.52. The third kappa shape index (κ3) is 6.04. The van der Waals surface area contributed by atoms with Gasteiger partial charge in [0, 0.05) is 45.6 Å². The first-order chi connectivity index (χ1) is 10.2. The molecule has 0 amide bonds. The molecule has 0 fully saturated rings. The van der Waals surface area contributed by atoms with Gasteiger partial charge in [-0.1, -0.05) is 25.1 Å². The molecule has 120 valence electrons. The van der Waals surface area contributed by atoms with Gasteiger partial charge in [-0.2, -0.15) is 0 Å². The van der Waals surface area contributed by atoms with Crippen LogP contribution in [0.1, 0.15) is 25.8 Å². The van der Waals surface area contributed by atoms with Gasteiger partial charge in [0.05, 0.1) is 13.2 Å². The van der Waals surface area contributed by atoms with Crippen molar-refractivity contribution in [2.24, 2.45) is 0 Å². The molecule has 1 atom stereocenters. The quantitative estimate of drug-likeness (QED) is 0.636. The van der Waals surface area contributed by atoms with Crippen LogP contribution in [-0.4, -0.2) is 46.6 Å². The van der Waals surface area contributed by atoms with E-state index in [-0.39, 0.29) is 0 Å². The minimum atomic E-state index is 0.500. The van der Waals surface area contributed by atoms with Crippen LogP contribution in [0, 0.1) is 0 Å². The molecule has 0 bridgehead atoms. The van der Waals surface area contributed by atoms with Gasteiger partial charge in [0.15, 0.2) is 0 Å². The minimum absolute atomic E-state index is 0.500. The van der Waals surface area contributed by atoms with Gasteiger partial charge in [0.2, 0.25) is 0 Å². The first-order valence-electron chi connectivity index (χ1n) is 7.77. The maximum Gasteiger partial charge on any atom is 0.0637 e. The second-order valence-corrected chi connectivity index (χ2v) is 5.24. The molecule has 0 aliphatic rings. The van der Waals surface area contributed by atoms with E-state index < -0.39 is 0 Å². The Balaban J connectivity index is 2.80. The fourth-order valence-corrected chi connectivity index (χ4v) is 2.33. The fraction of sp³-hybridized carbons (Fsp3) is 0.647. The molecule has 1 rings (SSSR count). The molecule has 0 aromatic heterocycles. The van der Waals surface area contributed by atoms with Crippen LogP contribution in [0.25, 0.3) is 0 Å². The maximum absolute atomic E-state index is 5.27. The highest BCUT2D eigenvalue weighted by Crippen LogP contribution is 2.23. The summed E-state index contributed by atoms with van der Waals surface area (Å²) in [5.41, 5.74) is 2.62. The normalized spacial score (nSPS) is 12.4. The standard InChI is InChI=1S/C17H30N2O2/c1-5-15(2)19(11-13-21-4)17-9-7-6-8-16(17)14-18-10-12-20-3/h6-9,15,18H,5,10-14H2,1-4H3. The Hall–Kier alpha value is -1.10. The minimum Gasteiger partial charge on any atom is -0.383 e. The molecule has 0 heterocycles. The van der Waals surface area contributed by atoms with E-state index in [0.717, 1.165) is 39.3 Å². The molecule has 0 saturated heterocycles. The van der Waals surface area contributed by atoms with Crippen molar-refractivity contribution in [1.82, 2.24) is 5.32 Å². The van der Waals surface area contributed by atoms with E-state index in [1.54, 1.807) is 14.2 Å². The smallest absolute Gasteiger partial charge is 0.0637 e. The zero-order valence-electron chi connectivity index (χ0n) is 13.9. The van der Waals surface area contributed by atoms with Gasteiger partial charge in [-0.3, -0.25) is 0 Å². The Labute approximate surface area is 129 Å². The molecule has 1 aromatic carbocycles. The maximum atomic E-state index is 5.27. The van der Waals surface area contributed by atoms with Crippen molar-refractivity contribution in [2.75, 3.05) is 45.4 Å². The van der Waals surface area contributed by atoms with Crippen LogP contribution in [0.2, 0.25) is 0 Å². The second-order valence-electron chi connectivity index (χ2n) is 5.24. The van der Waals surface area contributed by atoms with E-state index in [1.165, 1.54) is 11.3 Å². The number of hydrogen-bond donors (Lipinski definition) is 1. The van der Waals surface area contributed by atoms with Gasteiger partial charge >= 0.3 is 0 Å². The molecule has 1 N–H and O–H groups in total. The summed E-state index contributed by atoms with van der Waals surface area (Å²) in [6, 6.07) is 9.10. The summed E-state index contributed by atoms with van der Waals surface area (Å²) in [6.45, 7) is 8.62. The first kappa shape index (κ1) is 18.0. The molecular weight excluding hydrogens is 264 g/mol. The number of nitrogens with one attached hydrogen (secondary N) is 1. The SMILES string of the molecule is CCC(C)N(CCOC)c1ccccc1CNCCOC. The van der Waals surface area contributed by atoms with E-state index in [0.29, 0.717) is 6.04 Å². The van der Waals surface area contributed by atoms with Crippen LogP contribution in [-0.2, 0) is 16.0 Å². The molecule has 0 spiro atoms. The lowest BCUT2D eigenvalue weighted by molar-refractivity contribution is 0.199. The Morgan fingerprint density at radius 2 is 1.86 bits per heavy atom. The first-order valence-corrected chi connectivity index (χ1v) is 7.77. The number of anilines is 1. The van der Waals surface area contributed by atoms with Crippen LogP contribution in [0.3, 0.4) is 0 Å². The monoisotopic (exact) mass is 294 g/mol. The van der Waals surface area contributed by atoms with Gasteiger partial charge in [-0.05, 0) is 25.0 Å². The molecule has 0 aliphatic heterocycles. The van der Waals surface area contributed by atoms with Gasteiger partial charge in [-0.25, -0.2) is 0 Å². The molecular formula is C17H30N2O2. The number of methoxy groups -OCH3 is 2. The summed E-state index contributed by atoms with van der Waals surface area (Å²) in [5.74, 6) is 0. The van der Waals surface area contributed by atoms with Crippen molar-refractivity contribution in [3.05, 3.63) is 29.8 Å². The molecule has 0 saturated carbocycles. The van der Waals surface area contributed by atoms with Gasteiger partial charge < -0.3 is 19.7 Å². The summed E-state index contributed by atoms with van der Waals surface area (Å²) in [4.78, 5) is 2.44. The summed E-state index contributed by atoms with van der Waals surface area (Å²) in [5, 5.41) is 3.43. The van der Waals surface area contributed by atoms with Crippen molar-refractivity contribution >= 4 is 5.69 Å². The number of benzene rings is 1. The highest BCUT2D eigenvalue weighted by atomic mass is 16.5. The molecule has 1 aromatic rings. The number of ether oxygens (including phenoxy) is 2. The van der Waals surface area contributed by atoms with Crippen molar-refractivity contribution in [3.63, 3.8) is 0 Å². The van der Waals surface area contributed by atoms with E-state index in [4.69, 9.17) is 9.47 Å². The summed E-state index contributed by atoms with van der Waals surface area (Å²) < 4.78 is 10.3. The van der Waals surface area contributed by atoms with Crippen LogP contribution < -0.4 is 10.2 Å². The van der Waals surface area contributed by atoms with Crippen LogP contribution in [0.5, 0.6) is 0 Å². The highest BCUT2D eigenvalue weighted by molar-refractivity contribution is 5.54. The summed E-state index contributed by atoms with van der Waals surface area (Å²) in [7, 11) is 3.48. The largest absolute Gasteiger partial charge is 0.383 e. The van der Waals surface area contributed by atoms with Crippen molar-refractivity contribution in [2.45, 2.75) is 32.9 Å². The van der Waals surface area contributed by atoms with Crippen LogP contribution >= 0.6 is 0 Å². The number of rotatable bonds is 11. The summed E-state index contributed by atoms with van der Waals surface area (Å²) >= 11 is 0. The number of para-hydroxylation sites is 1. The molecule has 4 heteroatoms. The van der Waals surface area contributed by atoms with Crippen molar-refractivity contribution in [1.29, 1.82) is 0 Å². The number of nitrogens with zero attached hydrogens (tertiary/aromatic N) is 1. The zero-order chi connectivity index (χ0) is 15.5. The van der Waals surface area contributed by atoms with Crippen molar-refractivity contribution in [3.8, 4) is 0 Å². The topological polar surface area (TPSA) is 33.7 Å². The predicted octanol–water partition coefficient (Wildman–Crippen LogP) is 2.67. The Morgan fingerprint density at radius 3 is 2.52 bits per heavy atom. The Bertz CT molecular complexity index is 385. The Morgan fingerprint density at radius 1 is 1.14 bits per heavy atom. The lowest BCUT2D eigenvalue weighted by Crippen LogP contribution is -2.36. The van der Waals surface area contributed by atoms with E-state index in [1.807, 2.05) is 0 Å². The zero-order valence-corrected chi connectivity index (χ0v) is 13.9. The fourth-order valence-electron chi connectivity index (χ4n) is 2.33. The molecule has 4 nitrogen and oxygen atoms in total. The molecule has 1 unspecified atom stereocenters. The average molecular weight is 294 g/mol. The van der Waals surface area contributed by atoms with Gasteiger partial charge in [0.1, 0.15) is 0 Å². The van der Waals surface area contributed by atoms with Crippen molar-refractivity contribution < 1.29 is 9.47 Å². The third-order valence-corrected chi connectivity index (χ3v) is 3.76. The van der Waals surface area contributed by atoms with E-state index in [9.17, 15) is 0 Å². The lowest BCUT2D eigenvalue weighted by Gasteiger charge is -2.32. The van der Waals surface area contributed by atoms with Gasteiger partial charge in [0.25, 0.3) is 0 Å². The van der Waals surface area contributed by atoms with E-state index in [2.05, 4.69) is 48.3 Å². The molecule has 0 aliphatic carbocycles. The number of hydrogen-bond acceptors (Lipinski definition) is 4. The van der Waals surface area contributed by atoms with Gasteiger partial charge in [-0.15, -0.1) is 0 Å². The Kier molecular flexibility index (Phi) is 9.06. The lowest BCUT2D eigenvalue weighted by atomic mass is 10.1. The van der Waals surface area contributed by atoms with E-state index >= 15 is 0 Å². The molecule has 21 heavy (non-hydrogen) atoms. The van der Waals surface area contributed by atoms with Crippen LogP contribution in [0.15, 0.2) is 24.3 Å². The summed E-state index contributed by atoms with van der Waals surface area (Å²) in [6.07, 6.45) is 1.12. The third-order valence-electron chi connectivity index (χ3n) is 3.76. The molecule has 0 radical (unpaired) electrons. The highest BCUT2D eigenvalue weighted by Gasteiger charge is 2.15. The second kappa shape index (κ2) is 10.6.